The Balaban J connectivity index is 2.27. The van der Waals surface area contributed by atoms with Crippen LogP contribution in [0.4, 0.5) is 0 Å². The van der Waals surface area contributed by atoms with Crippen LogP contribution in [0.2, 0.25) is 0 Å². The molecule has 0 unspecified atom stereocenters. The number of halogens is 2. The van der Waals surface area contributed by atoms with Gasteiger partial charge in [0.15, 0.2) is 0 Å². The maximum Gasteiger partial charge on any atom is 0.244 e. The van der Waals surface area contributed by atoms with Gasteiger partial charge in [0.1, 0.15) is 0 Å². The van der Waals surface area contributed by atoms with Crippen molar-refractivity contribution in [1.82, 2.24) is 4.31 Å². The van der Waals surface area contributed by atoms with Crippen LogP contribution in [0.5, 0.6) is 0 Å². The molecule has 0 saturated heterocycles. The van der Waals surface area contributed by atoms with Gasteiger partial charge in [-0.3, -0.25) is 0 Å². The van der Waals surface area contributed by atoms with Crippen molar-refractivity contribution < 1.29 is 8.42 Å². The van der Waals surface area contributed by atoms with Crippen molar-refractivity contribution in [3.8, 4) is 0 Å². The average molecular weight is 425 g/mol. The number of sulfonamides is 1. The second kappa shape index (κ2) is 6.05. The number of nitrogens with zero attached hydrogens (tertiary/aromatic N) is 1. The summed E-state index contributed by atoms with van der Waals surface area (Å²) in [6, 6.07) is 8.76. The van der Waals surface area contributed by atoms with Gasteiger partial charge in [0.25, 0.3) is 0 Å². The van der Waals surface area contributed by atoms with Crippen LogP contribution in [0.1, 0.15) is 4.88 Å². The molecule has 0 spiro atoms. The van der Waals surface area contributed by atoms with E-state index in [0.29, 0.717) is 11.0 Å². The highest BCUT2D eigenvalue weighted by atomic mass is 79.9. The fraction of sp³-hybridized carbons (Fsp3) is 0.167. The molecule has 0 amide bonds. The summed E-state index contributed by atoms with van der Waals surface area (Å²) >= 11 is 8.17. The molecule has 2 rings (SSSR count). The lowest BCUT2D eigenvalue weighted by atomic mass is 10.4. The largest absolute Gasteiger partial charge is 0.244 e. The maximum absolute atomic E-state index is 12.5. The topological polar surface area (TPSA) is 37.4 Å². The molecule has 1 aromatic carbocycles. The van der Waals surface area contributed by atoms with Crippen molar-refractivity contribution >= 4 is 53.2 Å². The maximum atomic E-state index is 12.5. The van der Waals surface area contributed by atoms with Crippen molar-refractivity contribution in [2.75, 3.05) is 7.05 Å². The van der Waals surface area contributed by atoms with E-state index in [1.807, 2.05) is 11.4 Å². The molecule has 19 heavy (non-hydrogen) atoms. The Morgan fingerprint density at radius 1 is 1.26 bits per heavy atom. The molecule has 0 saturated carbocycles. The lowest BCUT2D eigenvalue weighted by molar-refractivity contribution is 0.469. The Morgan fingerprint density at radius 2 is 1.95 bits per heavy atom. The third-order valence-electron chi connectivity index (χ3n) is 2.53. The molecule has 0 radical (unpaired) electrons. The van der Waals surface area contributed by atoms with Crippen LogP contribution in [0, 0.1) is 0 Å². The Morgan fingerprint density at radius 3 is 2.53 bits per heavy atom. The van der Waals surface area contributed by atoms with Crippen molar-refractivity contribution in [2.45, 2.75) is 11.4 Å². The highest BCUT2D eigenvalue weighted by molar-refractivity contribution is 9.10. The zero-order chi connectivity index (χ0) is 14.0. The summed E-state index contributed by atoms with van der Waals surface area (Å²) in [5.74, 6) is 0. The summed E-state index contributed by atoms with van der Waals surface area (Å²) in [5.41, 5.74) is 0. The fourth-order valence-corrected chi connectivity index (χ4v) is 5.26. The van der Waals surface area contributed by atoms with E-state index in [0.717, 1.165) is 9.35 Å². The van der Waals surface area contributed by atoms with Crippen LogP contribution in [0.15, 0.2) is 49.6 Å². The van der Waals surface area contributed by atoms with E-state index in [4.69, 9.17) is 0 Å². The predicted octanol–water partition coefficient (Wildman–Crippen LogP) is 4.09. The zero-order valence-electron chi connectivity index (χ0n) is 10.0. The summed E-state index contributed by atoms with van der Waals surface area (Å²) in [6.07, 6.45) is 0. The number of hydrogen-bond donors (Lipinski definition) is 0. The second-order valence-electron chi connectivity index (χ2n) is 3.92. The van der Waals surface area contributed by atoms with Gasteiger partial charge in [-0.2, -0.15) is 4.31 Å². The van der Waals surface area contributed by atoms with Gasteiger partial charge in [0.2, 0.25) is 10.0 Å². The lowest BCUT2D eigenvalue weighted by Gasteiger charge is -2.17. The van der Waals surface area contributed by atoms with Crippen LogP contribution < -0.4 is 0 Å². The monoisotopic (exact) mass is 423 g/mol. The van der Waals surface area contributed by atoms with Crippen molar-refractivity contribution in [3.63, 3.8) is 0 Å². The predicted molar refractivity (Wildman–Crippen MR) is 84.8 cm³/mol. The van der Waals surface area contributed by atoms with Crippen LogP contribution in [0.3, 0.4) is 0 Å². The first-order chi connectivity index (χ1) is 8.91. The van der Waals surface area contributed by atoms with E-state index >= 15 is 0 Å². The van der Waals surface area contributed by atoms with Gasteiger partial charge < -0.3 is 0 Å². The minimum Gasteiger partial charge on any atom is -0.207 e. The number of thiophene rings is 1. The summed E-state index contributed by atoms with van der Waals surface area (Å²) in [4.78, 5) is 1.28. The quantitative estimate of drug-likeness (QED) is 0.740. The number of rotatable bonds is 4. The first-order valence-corrected chi connectivity index (χ1v) is 9.25. The van der Waals surface area contributed by atoms with Gasteiger partial charge in [-0.05, 0) is 50.1 Å². The van der Waals surface area contributed by atoms with Crippen LogP contribution in [-0.4, -0.2) is 19.8 Å². The summed E-state index contributed by atoms with van der Waals surface area (Å²) in [7, 11) is -1.90. The van der Waals surface area contributed by atoms with E-state index in [-0.39, 0.29) is 4.90 Å². The number of benzene rings is 1. The van der Waals surface area contributed by atoms with Gasteiger partial charge in [0.05, 0.1) is 4.90 Å². The molecular weight excluding hydrogens is 414 g/mol. The van der Waals surface area contributed by atoms with Crippen molar-refractivity contribution in [1.29, 1.82) is 0 Å². The highest BCUT2D eigenvalue weighted by Crippen LogP contribution is 2.27. The molecule has 3 nitrogen and oxygen atoms in total. The van der Waals surface area contributed by atoms with E-state index in [1.54, 1.807) is 31.3 Å². The smallest absolute Gasteiger partial charge is 0.207 e. The number of hydrogen-bond acceptors (Lipinski definition) is 3. The highest BCUT2D eigenvalue weighted by Gasteiger charge is 2.23. The van der Waals surface area contributed by atoms with Crippen LogP contribution in [-0.2, 0) is 16.6 Å². The third-order valence-corrected chi connectivity index (χ3v) is 7.02. The fourth-order valence-electron chi connectivity index (χ4n) is 1.56. The van der Waals surface area contributed by atoms with Crippen LogP contribution in [0.25, 0.3) is 0 Å². The molecule has 2 aromatic rings. The van der Waals surface area contributed by atoms with Gasteiger partial charge >= 0.3 is 0 Å². The van der Waals surface area contributed by atoms with E-state index < -0.39 is 10.0 Å². The summed E-state index contributed by atoms with van der Waals surface area (Å²) in [5, 5.41) is 1.94. The minimum atomic E-state index is -3.48. The van der Waals surface area contributed by atoms with Gasteiger partial charge in [-0.1, -0.05) is 12.1 Å². The molecule has 0 bridgehead atoms. The normalized spacial score (nSPS) is 12.0. The minimum absolute atomic E-state index is 0.285. The molecule has 7 heteroatoms. The molecular formula is C12H11Br2NO2S2. The Bertz CT molecular complexity index is 683. The molecule has 0 fully saturated rings. The third kappa shape index (κ3) is 3.46. The Labute approximate surface area is 133 Å². The van der Waals surface area contributed by atoms with Gasteiger partial charge in [0, 0.05) is 32.8 Å². The summed E-state index contributed by atoms with van der Waals surface area (Å²) < 4.78 is 27.8. The summed E-state index contributed by atoms with van der Waals surface area (Å²) in [6.45, 7) is 0.361. The molecule has 0 N–H and O–H groups in total. The Kier molecular flexibility index (Phi) is 4.84. The average Bonchev–Trinajstić information content (AvgIpc) is 2.75. The Hall–Kier alpha value is -0.210. The van der Waals surface area contributed by atoms with Gasteiger partial charge in [-0.25, -0.2) is 8.42 Å². The van der Waals surface area contributed by atoms with Crippen molar-refractivity contribution in [2.24, 2.45) is 0 Å². The molecule has 1 aromatic heterocycles. The molecule has 102 valence electrons. The first-order valence-electron chi connectivity index (χ1n) is 5.35. The zero-order valence-corrected chi connectivity index (χ0v) is 14.8. The lowest BCUT2D eigenvalue weighted by Crippen LogP contribution is -2.26. The molecule has 0 aliphatic heterocycles. The van der Waals surface area contributed by atoms with E-state index in [9.17, 15) is 8.42 Å². The molecule has 0 aliphatic rings. The standard InChI is InChI=1S/C12H11Br2NO2S2/c1-15(7-10-6-9(13)8-18-10)19(16,17)12-5-3-2-4-11(12)14/h2-6,8H,7H2,1H3. The van der Waals surface area contributed by atoms with Crippen LogP contribution >= 0.6 is 43.2 Å². The van der Waals surface area contributed by atoms with Gasteiger partial charge in [-0.15, -0.1) is 11.3 Å². The van der Waals surface area contributed by atoms with E-state index in [1.165, 1.54) is 15.6 Å². The SMILES string of the molecule is CN(Cc1cc(Br)cs1)S(=O)(=O)c1ccccc1Br. The molecule has 1 heterocycles. The van der Waals surface area contributed by atoms with E-state index in [2.05, 4.69) is 31.9 Å². The molecule has 0 aliphatic carbocycles. The second-order valence-corrected chi connectivity index (χ2v) is 8.70. The first kappa shape index (κ1) is 15.2. The van der Waals surface area contributed by atoms with Crippen molar-refractivity contribution in [3.05, 3.63) is 49.5 Å². The molecule has 0 atom stereocenters.